The fourth-order valence-corrected chi connectivity index (χ4v) is 4.80. The van der Waals surface area contributed by atoms with Crippen LogP contribution in [0.3, 0.4) is 0 Å². The van der Waals surface area contributed by atoms with Gasteiger partial charge in [-0.25, -0.2) is 9.97 Å². The van der Waals surface area contributed by atoms with Crippen molar-refractivity contribution in [3.63, 3.8) is 0 Å². The summed E-state index contributed by atoms with van der Waals surface area (Å²) in [5.74, 6) is 1.52. The van der Waals surface area contributed by atoms with Gasteiger partial charge in [-0.15, -0.1) is 6.58 Å². The number of allylic oxidation sites excluding steroid dienone is 1. The Morgan fingerprint density at radius 2 is 2.19 bits per heavy atom. The summed E-state index contributed by atoms with van der Waals surface area (Å²) in [7, 11) is 1.83. The number of amides is 1. The summed E-state index contributed by atoms with van der Waals surface area (Å²) in [5, 5.41) is 9.65. The molecule has 31 heavy (non-hydrogen) atoms. The molecule has 0 bridgehead atoms. The number of nitriles is 1. The number of nitrogens with one attached hydrogen (secondary N) is 1. The highest BCUT2D eigenvalue weighted by atomic mass is 16.2. The first kappa shape index (κ1) is 19.1. The number of anilines is 1. The van der Waals surface area contributed by atoms with Gasteiger partial charge in [0.1, 0.15) is 17.4 Å². The number of hydrogen-bond acceptors (Lipinski definition) is 6. The van der Waals surface area contributed by atoms with Crippen LogP contribution in [0.2, 0.25) is 0 Å². The lowest BCUT2D eigenvalue weighted by molar-refractivity contribution is 0.0771. The monoisotopic (exact) mass is 415 g/mol. The molecule has 3 aromatic heterocycles. The van der Waals surface area contributed by atoms with Gasteiger partial charge in [0.05, 0.1) is 5.56 Å². The summed E-state index contributed by atoms with van der Waals surface area (Å²) < 4.78 is 1.50. The SMILES string of the molecule is C=CCn1cc(C(=O)N(C)[C@H]2[C@@H]3CN(c4ccnc(C#N)n4)C[C@@H]32)c2cc[nH]c2c1=O. The van der Waals surface area contributed by atoms with Crippen molar-refractivity contribution in [1.29, 1.82) is 5.26 Å². The lowest BCUT2D eigenvalue weighted by Gasteiger charge is -2.25. The number of rotatable bonds is 5. The zero-order valence-electron chi connectivity index (χ0n) is 17.0. The van der Waals surface area contributed by atoms with Crippen LogP contribution in [0.4, 0.5) is 5.82 Å². The maximum atomic E-state index is 13.4. The highest BCUT2D eigenvalue weighted by Crippen LogP contribution is 2.49. The molecule has 2 fully saturated rings. The third-order valence-corrected chi connectivity index (χ3v) is 6.33. The molecule has 5 rings (SSSR count). The average molecular weight is 415 g/mol. The standard InChI is InChI=1S/C22H21N7O2/c1-3-8-28-12-16(13-4-6-25-19(13)22(28)31)21(30)27(2)20-14-10-29(11-15(14)20)18-5-7-24-17(9-23)26-18/h3-7,12,14-15,20,25H,1,8,10-11H2,2H3/t14-,15+,20+. The van der Waals surface area contributed by atoms with Crippen LogP contribution in [-0.4, -0.2) is 56.5 Å². The minimum absolute atomic E-state index is 0.0952. The summed E-state index contributed by atoms with van der Waals surface area (Å²) in [4.78, 5) is 41.0. The normalized spacial score (nSPS) is 21.5. The Morgan fingerprint density at radius 1 is 1.42 bits per heavy atom. The van der Waals surface area contributed by atoms with Crippen LogP contribution in [0.25, 0.3) is 10.9 Å². The molecule has 3 atom stereocenters. The van der Waals surface area contributed by atoms with Gasteiger partial charge in [0.2, 0.25) is 5.82 Å². The Balaban J connectivity index is 1.36. The van der Waals surface area contributed by atoms with Crippen molar-refractivity contribution in [2.24, 2.45) is 11.8 Å². The second-order valence-electron chi connectivity index (χ2n) is 8.04. The fraction of sp³-hybridized carbons (Fsp3) is 0.318. The lowest BCUT2D eigenvalue weighted by Crippen LogP contribution is -2.37. The second kappa shape index (κ2) is 7.09. The molecule has 0 radical (unpaired) electrons. The van der Waals surface area contributed by atoms with Gasteiger partial charge in [-0.05, 0) is 12.1 Å². The van der Waals surface area contributed by atoms with Crippen LogP contribution in [0, 0.1) is 23.2 Å². The van der Waals surface area contributed by atoms with E-state index in [-0.39, 0.29) is 23.3 Å². The fourth-order valence-electron chi connectivity index (χ4n) is 4.80. The number of piperidine rings is 1. The van der Waals surface area contributed by atoms with Gasteiger partial charge >= 0.3 is 0 Å². The minimum atomic E-state index is -0.167. The largest absolute Gasteiger partial charge is 0.357 e. The van der Waals surface area contributed by atoms with Crippen molar-refractivity contribution in [3.8, 4) is 6.07 Å². The lowest BCUT2D eigenvalue weighted by atomic mass is 10.1. The quantitative estimate of drug-likeness (QED) is 0.631. The van der Waals surface area contributed by atoms with Crippen molar-refractivity contribution in [1.82, 2.24) is 24.4 Å². The number of nitrogens with zero attached hydrogens (tertiary/aromatic N) is 6. The third-order valence-electron chi connectivity index (χ3n) is 6.33. The number of hydrogen-bond donors (Lipinski definition) is 1. The van der Waals surface area contributed by atoms with Crippen molar-refractivity contribution in [2.75, 3.05) is 25.0 Å². The molecule has 2 aliphatic rings. The topological polar surface area (TPSA) is 111 Å². The summed E-state index contributed by atoms with van der Waals surface area (Å²) in [5.41, 5.74) is 0.774. The summed E-state index contributed by atoms with van der Waals surface area (Å²) in [6.07, 6.45) is 6.55. The Labute approximate surface area is 178 Å². The highest BCUT2D eigenvalue weighted by Gasteiger charge is 2.59. The summed E-state index contributed by atoms with van der Waals surface area (Å²) >= 11 is 0. The van der Waals surface area contributed by atoms with E-state index in [1.54, 1.807) is 41.7 Å². The molecule has 3 aromatic rings. The first-order valence-electron chi connectivity index (χ1n) is 10.1. The Bertz CT molecular complexity index is 1290. The number of aromatic nitrogens is 4. The molecule has 156 valence electrons. The van der Waals surface area contributed by atoms with E-state index in [0.29, 0.717) is 34.8 Å². The molecule has 1 saturated carbocycles. The van der Waals surface area contributed by atoms with E-state index in [2.05, 4.69) is 26.4 Å². The molecule has 1 aliphatic heterocycles. The maximum Gasteiger partial charge on any atom is 0.275 e. The Kier molecular flexibility index (Phi) is 4.36. The van der Waals surface area contributed by atoms with E-state index in [9.17, 15) is 9.59 Å². The van der Waals surface area contributed by atoms with E-state index in [4.69, 9.17) is 5.26 Å². The van der Waals surface area contributed by atoms with Gasteiger partial charge in [0.15, 0.2) is 0 Å². The Morgan fingerprint density at radius 3 is 2.90 bits per heavy atom. The molecule has 4 heterocycles. The molecule has 9 nitrogen and oxygen atoms in total. The van der Waals surface area contributed by atoms with Crippen molar-refractivity contribution in [2.45, 2.75) is 12.6 Å². The number of pyridine rings is 1. The molecule has 1 amide bonds. The Hall–Kier alpha value is -3.93. The van der Waals surface area contributed by atoms with E-state index in [1.165, 1.54) is 4.57 Å². The van der Waals surface area contributed by atoms with Crippen LogP contribution in [0.5, 0.6) is 0 Å². The van der Waals surface area contributed by atoms with Crippen LogP contribution in [0.1, 0.15) is 16.2 Å². The van der Waals surface area contributed by atoms with Gasteiger partial charge in [0.25, 0.3) is 11.5 Å². The third kappa shape index (κ3) is 2.99. The smallest absolute Gasteiger partial charge is 0.275 e. The zero-order valence-corrected chi connectivity index (χ0v) is 17.0. The van der Waals surface area contributed by atoms with Gasteiger partial charge in [-0.2, -0.15) is 5.26 Å². The van der Waals surface area contributed by atoms with Crippen molar-refractivity contribution < 1.29 is 4.79 Å². The number of H-pyrrole nitrogens is 1. The van der Waals surface area contributed by atoms with Crippen LogP contribution in [-0.2, 0) is 6.54 Å². The van der Waals surface area contributed by atoms with Crippen molar-refractivity contribution >= 4 is 22.6 Å². The average Bonchev–Trinajstić information content (AvgIpc) is 3.15. The first-order chi connectivity index (χ1) is 15.0. The van der Waals surface area contributed by atoms with Gasteiger partial charge in [-0.1, -0.05) is 6.08 Å². The van der Waals surface area contributed by atoms with Crippen LogP contribution >= 0.6 is 0 Å². The highest BCUT2D eigenvalue weighted by molar-refractivity contribution is 6.06. The van der Waals surface area contributed by atoms with Crippen LogP contribution in [0.15, 0.2) is 48.2 Å². The molecule has 9 heteroatoms. The molecule has 1 saturated heterocycles. The maximum absolute atomic E-state index is 13.4. The van der Waals surface area contributed by atoms with Crippen molar-refractivity contribution in [3.05, 3.63) is 65.1 Å². The number of carbonyl (C=O) groups is 1. The molecule has 1 N–H and O–H groups in total. The van der Waals surface area contributed by atoms with Gasteiger partial charge in [-0.3, -0.25) is 9.59 Å². The molecular weight excluding hydrogens is 394 g/mol. The van der Waals surface area contributed by atoms with E-state index < -0.39 is 0 Å². The summed E-state index contributed by atoms with van der Waals surface area (Å²) in [6.45, 7) is 5.60. The predicted octanol–water partition coefficient (Wildman–Crippen LogP) is 1.38. The molecule has 0 aromatic carbocycles. The minimum Gasteiger partial charge on any atom is -0.357 e. The van der Waals surface area contributed by atoms with Gasteiger partial charge in [0, 0.05) is 68.5 Å². The van der Waals surface area contributed by atoms with Gasteiger partial charge < -0.3 is 19.4 Å². The molecule has 1 aliphatic carbocycles. The number of carbonyl (C=O) groups excluding carboxylic acids is 1. The van der Waals surface area contributed by atoms with E-state index >= 15 is 0 Å². The van der Waals surface area contributed by atoms with Crippen LogP contribution < -0.4 is 10.5 Å². The van der Waals surface area contributed by atoms with E-state index in [1.807, 2.05) is 13.1 Å². The number of aromatic amines is 1. The summed E-state index contributed by atoms with van der Waals surface area (Å²) in [6, 6.07) is 5.69. The van der Waals surface area contributed by atoms with E-state index in [0.717, 1.165) is 18.9 Å². The number of fused-ring (bicyclic) bond motifs is 2. The zero-order chi connectivity index (χ0) is 21.7. The molecular formula is C22H21N7O2. The second-order valence-corrected chi connectivity index (χ2v) is 8.04. The molecule has 0 spiro atoms. The predicted molar refractivity (Wildman–Crippen MR) is 115 cm³/mol. The molecule has 0 unspecified atom stereocenters. The first-order valence-corrected chi connectivity index (χ1v) is 10.1.